The van der Waals surface area contributed by atoms with Crippen molar-refractivity contribution in [3.05, 3.63) is 65.5 Å². The third kappa shape index (κ3) is 5.60. The molecule has 0 saturated heterocycles. The second kappa shape index (κ2) is 8.58. The Morgan fingerprint density at radius 1 is 1.00 bits per heavy atom. The average Bonchev–Trinajstić information content (AvgIpc) is 2.48. The van der Waals surface area contributed by atoms with Crippen LogP contribution in [0.1, 0.15) is 40.1 Å². The average molecular weight is 378 g/mol. The van der Waals surface area contributed by atoms with Crippen LogP contribution in [0.4, 0.5) is 0 Å². The standard InChI is InChI=1S/C18H20NO3.BrH/c1-13(2)22-18(21)16-8-10-19(11-9-16)12-17(20)15-6-4-14(3)5-7-15;/h4-11,13H,12H2,1-3H3;1H/q+1;/p-1. The summed E-state index contributed by atoms with van der Waals surface area (Å²) in [6.07, 6.45) is 3.27. The van der Waals surface area contributed by atoms with Crippen molar-refractivity contribution in [1.29, 1.82) is 0 Å². The molecule has 23 heavy (non-hydrogen) atoms. The molecule has 4 nitrogen and oxygen atoms in total. The number of rotatable bonds is 5. The van der Waals surface area contributed by atoms with Gasteiger partial charge in [-0.2, -0.15) is 4.57 Å². The van der Waals surface area contributed by atoms with Gasteiger partial charge < -0.3 is 21.7 Å². The number of aromatic nitrogens is 1. The van der Waals surface area contributed by atoms with Crippen LogP contribution in [0.25, 0.3) is 0 Å². The van der Waals surface area contributed by atoms with Gasteiger partial charge in [-0.25, -0.2) is 4.79 Å². The zero-order chi connectivity index (χ0) is 16.1. The first-order chi connectivity index (χ1) is 10.5. The van der Waals surface area contributed by atoms with Gasteiger partial charge in [0, 0.05) is 17.7 Å². The predicted molar refractivity (Wildman–Crippen MR) is 82.7 cm³/mol. The maximum absolute atomic E-state index is 12.2. The lowest BCUT2D eigenvalue weighted by Gasteiger charge is -2.06. The summed E-state index contributed by atoms with van der Waals surface area (Å²) in [7, 11) is 0. The van der Waals surface area contributed by atoms with Gasteiger partial charge in [-0.3, -0.25) is 4.79 Å². The van der Waals surface area contributed by atoms with Crippen LogP contribution in [0.2, 0.25) is 0 Å². The number of pyridine rings is 1. The monoisotopic (exact) mass is 377 g/mol. The van der Waals surface area contributed by atoms with Crippen LogP contribution >= 0.6 is 0 Å². The smallest absolute Gasteiger partial charge is 0.338 e. The molecule has 0 aliphatic heterocycles. The van der Waals surface area contributed by atoms with E-state index in [2.05, 4.69) is 0 Å². The topological polar surface area (TPSA) is 47.2 Å². The lowest BCUT2D eigenvalue weighted by molar-refractivity contribution is -0.683. The highest BCUT2D eigenvalue weighted by atomic mass is 79.9. The summed E-state index contributed by atoms with van der Waals surface area (Å²) in [6, 6.07) is 10.8. The molecule has 0 fully saturated rings. The summed E-state index contributed by atoms with van der Waals surface area (Å²) in [5.41, 5.74) is 2.28. The quantitative estimate of drug-likeness (QED) is 0.409. The molecule has 1 heterocycles. The van der Waals surface area contributed by atoms with Crippen molar-refractivity contribution in [3.8, 4) is 0 Å². The Labute approximate surface area is 146 Å². The van der Waals surface area contributed by atoms with Gasteiger partial charge in [-0.15, -0.1) is 0 Å². The molecular weight excluding hydrogens is 358 g/mol. The largest absolute Gasteiger partial charge is 1.00 e. The van der Waals surface area contributed by atoms with E-state index in [0.29, 0.717) is 11.1 Å². The molecule has 2 aromatic rings. The zero-order valence-electron chi connectivity index (χ0n) is 13.5. The third-order valence-electron chi connectivity index (χ3n) is 3.17. The van der Waals surface area contributed by atoms with Crippen molar-refractivity contribution < 1.29 is 35.9 Å². The number of esters is 1. The Bertz CT molecular complexity index is 664. The van der Waals surface area contributed by atoms with E-state index in [-0.39, 0.29) is 41.4 Å². The lowest BCUT2D eigenvalue weighted by atomic mass is 10.1. The van der Waals surface area contributed by atoms with Crippen molar-refractivity contribution in [2.75, 3.05) is 0 Å². The fourth-order valence-electron chi connectivity index (χ4n) is 1.98. The van der Waals surface area contributed by atoms with Crippen molar-refractivity contribution in [2.24, 2.45) is 0 Å². The van der Waals surface area contributed by atoms with E-state index >= 15 is 0 Å². The summed E-state index contributed by atoms with van der Waals surface area (Å²) >= 11 is 0. The number of carbonyl (C=O) groups is 2. The molecule has 0 spiro atoms. The number of aryl methyl sites for hydroxylation is 1. The number of nitrogens with zero attached hydrogens (tertiary/aromatic N) is 1. The molecule has 0 atom stereocenters. The molecule has 0 bridgehead atoms. The van der Waals surface area contributed by atoms with Gasteiger partial charge in [-0.1, -0.05) is 29.8 Å². The first kappa shape index (κ1) is 19.0. The Morgan fingerprint density at radius 2 is 1.57 bits per heavy atom. The van der Waals surface area contributed by atoms with Crippen LogP contribution in [-0.2, 0) is 11.3 Å². The summed E-state index contributed by atoms with van der Waals surface area (Å²) in [6.45, 7) is 5.84. The second-order valence-electron chi connectivity index (χ2n) is 5.50. The minimum absolute atomic E-state index is 0. The number of Topliss-reactive ketones (excluding diaryl/α,β-unsaturated/α-hetero) is 1. The highest BCUT2D eigenvalue weighted by molar-refractivity contribution is 5.95. The van der Waals surface area contributed by atoms with Crippen LogP contribution in [0.15, 0.2) is 48.8 Å². The normalized spacial score (nSPS) is 10.1. The molecule has 2 rings (SSSR count). The van der Waals surface area contributed by atoms with Crippen molar-refractivity contribution in [1.82, 2.24) is 0 Å². The second-order valence-corrected chi connectivity index (χ2v) is 5.50. The van der Waals surface area contributed by atoms with Crippen molar-refractivity contribution in [3.63, 3.8) is 0 Å². The lowest BCUT2D eigenvalue weighted by Crippen LogP contribution is -3.00. The maximum Gasteiger partial charge on any atom is 0.338 e. The van der Waals surface area contributed by atoms with Crippen LogP contribution < -0.4 is 21.5 Å². The van der Waals surface area contributed by atoms with Gasteiger partial charge in [0.1, 0.15) is 0 Å². The highest BCUT2D eigenvalue weighted by Gasteiger charge is 2.14. The number of hydrogen-bond acceptors (Lipinski definition) is 3. The number of ketones is 1. The SMILES string of the molecule is Cc1ccc(C(=O)C[n+]2ccc(C(=O)OC(C)C)cc2)cc1.[Br-]. The minimum Gasteiger partial charge on any atom is -1.00 e. The van der Waals surface area contributed by atoms with E-state index in [0.717, 1.165) is 5.56 Å². The number of ether oxygens (including phenoxy) is 1. The number of carbonyl (C=O) groups excluding carboxylic acids is 2. The molecule has 0 saturated carbocycles. The van der Waals surface area contributed by atoms with E-state index in [9.17, 15) is 9.59 Å². The third-order valence-corrected chi connectivity index (χ3v) is 3.17. The minimum atomic E-state index is -0.355. The van der Waals surface area contributed by atoms with Gasteiger partial charge in [0.2, 0.25) is 12.3 Å². The van der Waals surface area contributed by atoms with E-state index in [1.165, 1.54) is 0 Å². The van der Waals surface area contributed by atoms with Crippen LogP contribution in [-0.4, -0.2) is 17.9 Å². The van der Waals surface area contributed by atoms with E-state index in [1.807, 2.05) is 31.2 Å². The number of hydrogen-bond donors (Lipinski definition) is 0. The predicted octanol–water partition coefficient (Wildman–Crippen LogP) is -0.265. The highest BCUT2D eigenvalue weighted by Crippen LogP contribution is 2.05. The van der Waals surface area contributed by atoms with Gasteiger partial charge >= 0.3 is 5.97 Å². The summed E-state index contributed by atoms with van der Waals surface area (Å²) < 4.78 is 6.87. The summed E-state index contributed by atoms with van der Waals surface area (Å²) in [4.78, 5) is 23.9. The van der Waals surface area contributed by atoms with Gasteiger partial charge in [0.25, 0.3) is 0 Å². The first-order valence-corrected chi connectivity index (χ1v) is 7.25. The molecule has 0 aliphatic carbocycles. The summed E-state index contributed by atoms with van der Waals surface area (Å²) in [5.74, 6) is -0.325. The number of halogens is 1. The zero-order valence-corrected chi connectivity index (χ0v) is 15.0. The molecule has 0 amide bonds. The van der Waals surface area contributed by atoms with Crippen LogP contribution in [0.5, 0.6) is 0 Å². The van der Waals surface area contributed by atoms with Gasteiger partial charge in [0.15, 0.2) is 12.4 Å². The van der Waals surface area contributed by atoms with Gasteiger partial charge in [0.05, 0.1) is 11.7 Å². The fraction of sp³-hybridized carbons (Fsp3) is 0.278. The molecule has 5 heteroatoms. The molecule has 0 aliphatic rings. The Hall–Kier alpha value is -2.01. The van der Waals surface area contributed by atoms with Crippen LogP contribution in [0, 0.1) is 6.92 Å². The van der Waals surface area contributed by atoms with Crippen molar-refractivity contribution in [2.45, 2.75) is 33.4 Å². The van der Waals surface area contributed by atoms with E-state index in [4.69, 9.17) is 4.74 Å². The van der Waals surface area contributed by atoms with Gasteiger partial charge in [-0.05, 0) is 20.8 Å². The molecule has 122 valence electrons. The fourth-order valence-corrected chi connectivity index (χ4v) is 1.98. The Morgan fingerprint density at radius 3 is 2.09 bits per heavy atom. The summed E-state index contributed by atoms with van der Waals surface area (Å²) in [5, 5.41) is 0. The van der Waals surface area contributed by atoms with E-state index < -0.39 is 0 Å². The molecule has 1 aromatic carbocycles. The molecular formula is C18H20BrNO3. The van der Waals surface area contributed by atoms with Crippen molar-refractivity contribution >= 4 is 11.8 Å². The Balaban J connectivity index is 0.00000264. The molecule has 1 aromatic heterocycles. The van der Waals surface area contributed by atoms with Crippen LogP contribution in [0.3, 0.4) is 0 Å². The molecule has 0 unspecified atom stereocenters. The molecule has 0 N–H and O–H groups in total. The Kier molecular flexibility index (Phi) is 7.10. The molecule has 0 radical (unpaired) electrons. The maximum atomic E-state index is 12.2. The number of benzene rings is 1. The first-order valence-electron chi connectivity index (χ1n) is 7.25. The van der Waals surface area contributed by atoms with E-state index in [1.54, 1.807) is 42.9 Å².